The molecule has 2 unspecified atom stereocenters. The van der Waals surface area contributed by atoms with Crippen LogP contribution in [-0.4, -0.2) is 27.8 Å². The summed E-state index contributed by atoms with van der Waals surface area (Å²) in [5.41, 5.74) is 6.58. The lowest BCUT2D eigenvalue weighted by atomic mass is 9.98. The molecular formula is C14H18N4OS. The summed E-state index contributed by atoms with van der Waals surface area (Å²) in [6.45, 7) is 8.05. The second kappa shape index (κ2) is 4.91. The highest BCUT2D eigenvalue weighted by molar-refractivity contribution is 7.09. The van der Waals surface area contributed by atoms with E-state index in [9.17, 15) is 4.79 Å². The minimum atomic E-state index is -0.458. The van der Waals surface area contributed by atoms with Crippen molar-refractivity contribution in [2.45, 2.75) is 45.2 Å². The van der Waals surface area contributed by atoms with Gasteiger partial charge in [0.05, 0.1) is 16.7 Å². The summed E-state index contributed by atoms with van der Waals surface area (Å²) in [7, 11) is 0. The number of nitrogens with two attached hydrogens (primary N) is 1. The van der Waals surface area contributed by atoms with E-state index in [1.165, 1.54) is 4.90 Å². The van der Waals surface area contributed by atoms with Crippen molar-refractivity contribution in [2.75, 3.05) is 0 Å². The van der Waals surface area contributed by atoms with Gasteiger partial charge in [-0.05, 0) is 6.92 Å². The van der Waals surface area contributed by atoms with Crippen molar-refractivity contribution in [1.29, 1.82) is 0 Å². The number of rotatable bonds is 2. The van der Waals surface area contributed by atoms with E-state index in [-0.39, 0.29) is 17.3 Å². The number of amidine groups is 1. The number of hydrogen-bond donors (Lipinski definition) is 1. The highest BCUT2D eigenvalue weighted by Crippen LogP contribution is 2.33. The number of aromatic nitrogens is 1. The van der Waals surface area contributed by atoms with Gasteiger partial charge in [0, 0.05) is 10.8 Å². The van der Waals surface area contributed by atoms with Crippen molar-refractivity contribution < 1.29 is 4.79 Å². The lowest BCUT2D eigenvalue weighted by Gasteiger charge is -2.25. The normalized spacial score (nSPS) is 20.8. The Labute approximate surface area is 122 Å². The largest absolute Gasteiger partial charge is 0.385 e. The van der Waals surface area contributed by atoms with Crippen molar-refractivity contribution >= 4 is 23.2 Å². The molecule has 2 atom stereocenters. The first-order valence-electron chi connectivity index (χ1n) is 6.34. The number of aliphatic imine (C=N–C) groups is 1. The topological polar surface area (TPSA) is 71.6 Å². The summed E-state index contributed by atoms with van der Waals surface area (Å²) in [6, 6.07) is -1.23. The van der Waals surface area contributed by atoms with E-state index in [0.29, 0.717) is 0 Å². The number of urea groups is 1. The predicted octanol–water partition coefficient (Wildman–Crippen LogP) is 2.30. The van der Waals surface area contributed by atoms with Gasteiger partial charge >= 0.3 is 6.03 Å². The quantitative estimate of drug-likeness (QED) is 0.849. The highest BCUT2D eigenvalue weighted by atomic mass is 32.1. The molecule has 0 aliphatic carbocycles. The molecule has 0 saturated carbocycles. The molecular weight excluding hydrogens is 272 g/mol. The summed E-state index contributed by atoms with van der Waals surface area (Å²) < 4.78 is 0. The third kappa shape index (κ3) is 2.41. The lowest BCUT2D eigenvalue weighted by molar-refractivity contribution is 0.198. The Morgan fingerprint density at radius 2 is 2.20 bits per heavy atom. The molecule has 0 bridgehead atoms. The van der Waals surface area contributed by atoms with Crippen LogP contribution in [0.2, 0.25) is 0 Å². The van der Waals surface area contributed by atoms with E-state index in [0.717, 1.165) is 10.7 Å². The maximum absolute atomic E-state index is 11.9. The minimum Gasteiger partial charge on any atom is -0.385 e. The molecule has 2 amide bonds. The maximum Gasteiger partial charge on any atom is 0.347 e. The van der Waals surface area contributed by atoms with Crippen LogP contribution >= 0.6 is 11.3 Å². The first-order valence-corrected chi connectivity index (χ1v) is 7.22. The van der Waals surface area contributed by atoms with Gasteiger partial charge < -0.3 is 5.73 Å². The smallest absolute Gasteiger partial charge is 0.347 e. The van der Waals surface area contributed by atoms with Gasteiger partial charge in [0.1, 0.15) is 11.9 Å². The molecule has 1 aromatic heterocycles. The van der Waals surface area contributed by atoms with Crippen LogP contribution in [0.5, 0.6) is 0 Å². The van der Waals surface area contributed by atoms with E-state index in [2.05, 4.69) is 36.7 Å². The summed E-state index contributed by atoms with van der Waals surface area (Å²) in [4.78, 5) is 21.8. The van der Waals surface area contributed by atoms with Gasteiger partial charge in [0.15, 0.2) is 0 Å². The zero-order chi connectivity index (χ0) is 15.1. The number of carbonyl (C=O) groups excluding carboxylic acids is 1. The molecule has 0 fully saturated rings. The standard InChI is InChI=1S/C14H18N4OS/c1-6-8(2)18-10(11(15)17-13(18)19)9-7-20-12(16-9)14(3,4)5/h1,7-8,10H,2-5H3,(H2,15,17,19). The van der Waals surface area contributed by atoms with Gasteiger partial charge in [0.25, 0.3) is 0 Å². The van der Waals surface area contributed by atoms with Crippen molar-refractivity contribution in [3.05, 3.63) is 16.1 Å². The summed E-state index contributed by atoms with van der Waals surface area (Å²) in [5.74, 6) is 2.80. The molecule has 0 saturated heterocycles. The van der Waals surface area contributed by atoms with Crippen molar-refractivity contribution in [1.82, 2.24) is 9.88 Å². The number of carbonyl (C=O) groups is 1. The molecule has 5 nitrogen and oxygen atoms in total. The Hall–Kier alpha value is -1.87. The summed E-state index contributed by atoms with van der Waals surface area (Å²) in [5, 5.41) is 2.91. The van der Waals surface area contributed by atoms with Gasteiger partial charge in [-0.25, -0.2) is 9.78 Å². The Bertz CT molecular complexity index is 605. The number of terminal acetylenes is 1. The molecule has 0 spiro atoms. The van der Waals surface area contributed by atoms with Crippen molar-refractivity contribution in [3.8, 4) is 12.3 Å². The molecule has 2 N–H and O–H groups in total. The Balaban J connectivity index is 2.40. The Morgan fingerprint density at radius 1 is 1.55 bits per heavy atom. The van der Waals surface area contributed by atoms with Gasteiger partial charge in [-0.2, -0.15) is 4.99 Å². The molecule has 20 heavy (non-hydrogen) atoms. The number of nitrogens with zero attached hydrogens (tertiary/aromatic N) is 3. The van der Waals surface area contributed by atoms with Gasteiger partial charge in [-0.1, -0.05) is 26.7 Å². The third-order valence-corrected chi connectivity index (χ3v) is 4.39. The highest BCUT2D eigenvalue weighted by Gasteiger charge is 2.39. The fourth-order valence-electron chi connectivity index (χ4n) is 2.00. The molecule has 106 valence electrons. The van der Waals surface area contributed by atoms with E-state index >= 15 is 0 Å². The fraction of sp³-hybridized carbons (Fsp3) is 0.500. The summed E-state index contributed by atoms with van der Waals surface area (Å²) in [6.07, 6.45) is 5.42. The molecule has 6 heteroatoms. The average molecular weight is 290 g/mol. The fourth-order valence-corrected chi connectivity index (χ4v) is 2.93. The number of thiazole rings is 1. The zero-order valence-electron chi connectivity index (χ0n) is 12.0. The number of amides is 2. The average Bonchev–Trinajstić information content (AvgIpc) is 2.92. The molecule has 0 aromatic carbocycles. The van der Waals surface area contributed by atoms with Crippen LogP contribution < -0.4 is 5.73 Å². The summed E-state index contributed by atoms with van der Waals surface area (Å²) >= 11 is 1.56. The first-order chi connectivity index (χ1) is 9.25. The van der Waals surface area contributed by atoms with Crippen LogP contribution in [-0.2, 0) is 5.41 Å². The first kappa shape index (κ1) is 14.5. The molecule has 0 radical (unpaired) electrons. The monoisotopic (exact) mass is 290 g/mol. The van der Waals surface area contributed by atoms with Crippen molar-refractivity contribution in [2.24, 2.45) is 10.7 Å². The van der Waals surface area contributed by atoms with Crippen LogP contribution in [0, 0.1) is 12.3 Å². The molecule has 1 aliphatic heterocycles. The predicted molar refractivity (Wildman–Crippen MR) is 80.7 cm³/mol. The Morgan fingerprint density at radius 3 is 2.70 bits per heavy atom. The Kier molecular flexibility index (Phi) is 3.57. The van der Waals surface area contributed by atoms with Crippen LogP contribution in [0.25, 0.3) is 0 Å². The van der Waals surface area contributed by atoms with Crippen LogP contribution in [0.4, 0.5) is 4.79 Å². The maximum atomic E-state index is 11.9. The SMILES string of the molecule is C#CC(C)N1C(=O)N=C(N)C1c1csc(C(C)(C)C)n1. The molecule has 2 rings (SSSR count). The van der Waals surface area contributed by atoms with E-state index in [1.54, 1.807) is 18.3 Å². The van der Waals surface area contributed by atoms with Gasteiger partial charge in [-0.3, -0.25) is 4.90 Å². The van der Waals surface area contributed by atoms with Gasteiger partial charge in [-0.15, -0.1) is 17.8 Å². The minimum absolute atomic E-state index is 0.0417. The van der Waals surface area contributed by atoms with E-state index in [4.69, 9.17) is 12.2 Å². The van der Waals surface area contributed by atoms with Crippen molar-refractivity contribution in [3.63, 3.8) is 0 Å². The molecule has 1 aliphatic rings. The number of hydrogen-bond acceptors (Lipinski definition) is 4. The van der Waals surface area contributed by atoms with Gasteiger partial charge in [0.2, 0.25) is 0 Å². The van der Waals surface area contributed by atoms with Crippen LogP contribution in [0.3, 0.4) is 0 Å². The van der Waals surface area contributed by atoms with Crippen LogP contribution in [0.1, 0.15) is 44.4 Å². The molecule has 2 heterocycles. The second-order valence-electron chi connectivity index (χ2n) is 5.80. The van der Waals surface area contributed by atoms with E-state index in [1.807, 2.05) is 5.38 Å². The van der Waals surface area contributed by atoms with Crippen LogP contribution in [0.15, 0.2) is 10.4 Å². The zero-order valence-corrected chi connectivity index (χ0v) is 12.9. The third-order valence-electron chi connectivity index (χ3n) is 3.11. The molecule has 1 aromatic rings. The van der Waals surface area contributed by atoms with E-state index < -0.39 is 12.1 Å². The second-order valence-corrected chi connectivity index (χ2v) is 6.66. The lowest BCUT2D eigenvalue weighted by Crippen LogP contribution is -2.39.